The normalized spacial score (nSPS) is 21.5. The summed E-state index contributed by atoms with van der Waals surface area (Å²) < 4.78 is 11.5. The third-order valence-corrected chi connectivity index (χ3v) is 5.67. The molecule has 6 nitrogen and oxygen atoms in total. The van der Waals surface area contributed by atoms with Crippen molar-refractivity contribution in [2.75, 3.05) is 59.5 Å². The minimum absolute atomic E-state index is 0.0865. The lowest BCUT2D eigenvalue weighted by Crippen LogP contribution is -2.55. The van der Waals surface area contributed by atoms with E-state index >= 15 is 0 Å². The van der Waals surface area contributed by atoms with Gasteiger partial charge in [-0.15, -0.1) is 0 Å². The molecule has 1 aromatic rings. The monoisotopic (exact) mass is 389 g/mol. The fourth-order valence-electron chi connectivity index (χ4n) is 4.15. The highest BCUT2D eigenvalue weighted by molar-refractivity contribution is 5.95. The van der Waals surface area contributed by atoms with Crippen molar-refractivity contribution in [3.63, 3.8) is 0 Å². The zero-order valence-electron chi connectivity index (χ0n) is 17.7. The Morgan fingerprint density at radius 3 is 2.54 bits per heavy atom. The van der Waals surface area contributed by atoms with Crippen LogP contribution in [0.15, 0.2) is 18.2 Å². The van der Waals surface area contributed by atoms with Crippen LogP contribution in [-0.2, 0) is 0 Å². The summed E-state index contributed by atoms with van der Waals surface area (Å²) in [5.74, 6) is 1.46. The number of hydrogen-bond donors (Lipinski definition) is 0. The number of carbonyl (C=O) groups is 1. The van der Waals surface area contributed by atoms with Crippen molar-refractivity contribution < 1.29 is 14.3 Å². The van der Waals surface area contributed by atoms with Crippen LogP contribution < -0.4 is 9.47 Å². The molecule has 0 radical (unpaired) electrons. The molecule has 0 spiro atoms. The number of carbonyl (C=O) groups excluding carboxylic acids is 1. The van der Waals surface area contributed by atoms with Crippen LogP contribution in [0.4, 0.5) is 0 Å². The van der Waals surface area contributed by atoms with Gasteiger partial charge in [0.1, 0.15) is 0 Å². The Morgan fingerprint density at radius 1 is 1.07 bits per heavy atom. The molecule has 2 aliphatic rings. The van der Waals surface area contributed by atoms with Crippen LogP contribution in [0.2, 0.25) is 0 Å². The summed E-state index contributed by atoms with van der Waals surface area (Å²) >= 11 is 0. The molecular formula is C22H35N3O3. The summed E-state index contributed by atoms with van der Waals surface area (Å²) in [4.78, 5) is 20.0. The number of benzene rings is 1. The highest BCUT2D eigenvalue weighted by atomic mass is 16.5. The quantitative estimate of drug-likeness (QED) is 0.718. The van der Waals surface area contributed by atoms with Gasteiger partial charge in [-0.3, -0.25) is 9.69 Å². The van der Waals surface area contributed by atoms with Crippen molar-refractivity contribution in [3.05, 3.63) is 23.8 Å². The molecule has 2 fully saturated rings. The van der Waals surface area contributed by atoms with Crippen molar-refractivity contribution >= 4 is 5.91 Å². The van der Waals surface area contributed by atoms with Gasteiger partial charge in [0.15, 0.2) is 11.5 Å². The van der Waals surface area contributed by atoms with Crippen LogP contribution >= 0.6 is 0 Å². The first kappa shape index (κ1) is 20.9. The molecule has 2 saturated heterocycles. The number of likely N-dealkylation sites (N-methyl/N-ethyl adjacent to an activating group) is 1. The van der Waals surface area contributed by atoms with Gasteiger partial charge in [-0.2, -0.15) is 0 Å². The fourth-order valence-corrected chi connectivity index (χ4v) is 4.15. The predicted octanol–water partition coefficient (Wildman–Crippen LogP) is 2.73. The van der Waals surface area contributed by atoms with Crippen LogP contribution in [0.1, 0.15) is 43.5 Å². The lowest BCUT2D eigenvalue weighted by atomic mass is 10.0. The van der Waals surface area contributed by atoms with E-state index in [2.05, 4.69) is 23.8 Å². The average molecular weight is 390 g/mol. The Balaban J connectivity index is 1.60. The third kappa shape index (κ3) is 5.17. The maximum atomic E-state index is 13.0. The summed E-state index contributed by atoms with van der Waals surface area (Å²) in [6.45, 7) is 11.1. The van der Waals surface area contributed by atoms with E-state index in [-0.39, 0.29) is 5.91 Å². The molecule has 156 valence electrons. The van der Waals surface area contributed by atoms with Crippen molar-refractivity contribution in [1.82, 2.24) is 14.7 Å². The Kier molecular flexibility index (Phi) is 7.57. The Labute approximate surface area is 169 Å². The summed E-state index contributed by atoms with van der Waals surface area (Å²) in [6.07, 6.45) is 3.48. The van der Waals surface area contributed by atoms with Crippen LogP contribution in [0.3, 0.4) is 0 Å². The van der Waals surface area contributed by atoms with Gasteiger partial charge in [0.05, 0.1) is 13.2 Å². The number of piperidine rings is 1. The molecule has 0 saturated carbocycles. The molecule has 28 heavy (non-hydrogen) atoms. The SMILES string of the molecule is CCCOc1ccc(C(=O)N2CCN(C3CCCN(C)C3)CC2)cc1OCC. The number of amides is 1. The minimum Gasteiger partial charge on any atom is -0.490 e. The first-order chi connectivity index (χ1) is 13.6. The van der Waals surface area contributed by atoms with Crippen molar-refractivity contribution in [1.29, 1.82) is 0 Å². The second kappa shape index (κ2) is 10.1. The molecule has 1 atom stereocenters. The van der Waals surface area contributed by atoms with Crippen LogP contribution in [-0.4, -0.2) is 86.2 Å². The molecule has 0 aliphatic carbocycles. The lowest BCUT2D eigenvalue weighted by molar-refractivity contribution is 0.0452. The highest BCUT2D eigenvalue weighted by Gasteiger charge is 2.29. The summed E-state index contributed by atoms with van der Waals surface area (Å²) in [5, 5.41) is 0. The minimum atomic E-state index is 0.0865. The lowest BCUT2D eigenvalue weighted by Gasteiger charge is -2.42. The highest BCUT2D eigenvalue weighted by Crippen LogP contribution is 2.29. The Morgan fingerprint density at radius 2 is 1.86 bits per heavy atom. The number of piperazine rings is 1. The number of nitrogens with zero attached hydrogens (tertiary/aromatic N) is 3. The first-order valence-corrected chi connectivity index (χ1v) is 10.7. The van der Waals surface area contributed by atoms with E-state index < -0.39 is 0 Å². The van der Waals surface area contributed by atoms with E-state index in [1.165, 1.54) is 19.4 Å². The van der Waals surface area contributed by atoms with Crippen LogP contribution in [0.25, 0.3) is 0 Å². The van der Waals surface area contributed by atoms with Gasteiger partial charge in [0, 0.05) is 44.3 Å². The molecule has 2 aliphatic heterocycles. The molecule has 0 N–H and O–H groups in total. The average Bonchev–Trinajstić information content (AvgIpc) is 2.72. The number of ether oxygens (including phenoxy) is 2. The molecule has 1 aromatic carbocycles. The maximum absolute atomic E-state index is 13.0. The summed E-state index contributed by atoms with van der Waals surface area (Å²) in [7, 11) is 2.20. The van der Waals surface area contributed by atoms with Gasteiger partial charge in [-0.05, 0) is 58.0 Å². The van der Waals surface area contributed by atoms with Crippen molar-refractivity contribution in [2.24, 2.45) is 0 Å². The van der Waals surface area contributed by atoms with Gasteiger partial charge in [-0.1, -0.05) is 6.92 Å². The Bertz CT molecular complexity index is 644. The van der Waals surface area contributed by atoms with E-state index in [4.69, 9.17) is 9.47 Å². The van der Waals surface area contributed by atoms with E-state index in [0.717, 1.165) is 39.1 Å². The Hall–Kier alpha value is -1.79. The largest absolute Gasteiger partial charge is 0.490 e. The van der Waals surface area contributed by atoms with Gasteiger partial charge >= 0.3 is 0 Å². The number of likely N-dealkylation sites (tertiary alicyclic amines) is 1. The van der Waals surface area contributed by atoms with E-state index in [0.29, 0.717) is 36.3 Å². The van der Waals surface area contributed by atoms with Gasteiger partial charge < -0.3 is 19.3 Å². The standard InChI is InChI=1S/C22H35N3O3/c1-4-15-28-20-9-8-18(16-21(20)27-5-2)22(26)25-13-11-24(12-14-25)19-7-6-10-23(3)17-19/h8-9,16,19H,4-7,10-15,17H2,1-3H3. The molecular weight excluding hydrogens is 354 g/mol. The molecule has 2 heterocycles. The molecule has 0 bridgehead atoms. The molecule has 6 heteroatoms. The summed E-state index contributed by atoms with van der Waals surface area (Å²) in [5.41, 5.74) is 0.679. The molecule has 1 amide bonds. The smallest absolute Gasteiger partial charge is 0.254 e. The van der Waals surface area contributed by atoms with Gasteiger partial charge in [0.25, 0.3) is 5.91 Å². The predicted molar refractivity (Wildman–Crippen MR) is 111 cm³/mol. The maximum Gasteiger partial charge on any atom is 0.254 e. The molecule has 3 rings (SSSR count). The van der Waals surface area contributed by atoms with E-state index in [9.17, 15) is 4.79 Å². The second-order valence-electron chi connectivity index (χ2n) is 7.83. The van der Waals surface area contributed by atoms with Crippen molar-refractivity contribution in [3.8, 4) is 11.5 Å². The topological polar surface area (TPSA) is 45.2 Å². The second-order valence-corrected chi connectivity index (χ2v) is 7.83. The molecule has 1 unspecified atom stereocenters. The van der Waals surface area contributed by atoms with Gasteiger partial charge in [-0.25, -0.2) is 0 Å². The van der Waals surface area contributed by atoms with Gasteiger partial charge in [0.2, 0.25) is 0 Å². The van der Waals surface area contributed by atoms with E-state index in [1.54, 1.807) is 0 Å². The van der Waals surface area contributed by atoms with Crippen molar-refractivity contribution in [2.45, 2.75) is 39.2 Å². The van der Waals surface area contributed by atoms with Crippen LogP contribution in [0, 0.1) is 0 Å². The number of rotatable bonds is 7. The van der Waals surface area contributed by atoms with Crippen LogP contribution in [0.5, 0.6) is 11.5 Å². The van der Waals surface area contributed by atoms with E-state index in [1.807, 2.05) is 30.0 Å². The zero-order chi connectivity index (χ0) is 19.9. The summed E-state index contributed by atoms with van der Waals surface area (Å²) in [6, 6.07) is 6.19. The fraction of sp³-hybridized carbons (Fsp3) is 0.682. The number of hydrogen-bond acceptors (Lipinski definition) is 5. The third-order valence-electron chi connectivity index (χ3n) is 5.67. The zero-order valence-corrected chi connectivity index (χ0v) is 17.7. The first-order valence-electron chi connectivity index (χ1n) is 10.7. The molecule has 0 aromatic heterocycles.